The summed E-state index contributed by atoms with van der Waals surface area (Å²) in [7, 11) is -4.11. The van der Waals surface area contributed by atoms with Crippen molar-refractivity contribution in [1.82, 2.24) is 5.16 Å². The van der Waals surface area contributed by atoms with Gasteiger partial charge in [0.05, 0.1) is 0 Å². The second-order valence-electron chi connectivity index (χ2n) is 7.30. The van der Waals surface area contributed by atoms with E-state index in [4.69, 9.17) is 16.1 Å². The zero-order valence-electron chi connectivity index (χ0n) is 17.7. The van der Waals surface area contributed by atoms with Crippen molar-refractivity contribution in [3.63, 3.8) is 0 Å². The van der Waals surface area contributed by atoms with Crippen molar-refractivity contribution >= 4 is 50.4 Å². The van der Waals surface area contributed by atoms with Crippen LogP contribution in [0.2, 0.25) is 5.02 Å². The number of hydrogen-bond acceptors (Lipinski definition) is 6. The second-order valence-corrected chi connectivity index (χ2v) is 10.2. The van der Waals surface area contributed by atoms with E-state index in [0.29, 0.717) is 5.69 Å². The van der Waals surface area contributed by atoms with Crippen LogP contribution < -0.4 is 10.0 Å². The fraction of sp³-hybridized carbons (Fsp3) is 0.333. The third kappa shape index (κ3) is 5.11. The molecule has 31 heavy (non-hydrogen) atoms. The maximum absolute atomic E-state index is 13.1. The zero-order chi connectivity index (χ0) is 22.8. The fourth-order valence-corrected chi connectivity index (χ4v) is 5.73. The molecule has 0 saturated heterocycles. The monoisotopic (exact) mass is 481 g/mol. The van der Waals surface area contributed by atoms with E-state index in [1.807, 2.05) is 19.9 Å². The summed E-state index contributed by atoms with van der Waals surface area (Å²) in [6.07, 6.45) is 2.85. The summed E-state index contributed by atoms with van der Waals surface area (Å²) in [5.74, 6) is -0.673. The number of unbranched alkanes of at least 4 members (excludes halogenated alkanes) is 1. The smallest absolute Gasteiger partial charge is 0.267 e. The molecule has 0 aliphatic rings. The average molecular weight is 482 g/mol. The van der Waals surface area contributed by atoms with Crippen molar-refractivity contribution in [2.24, 2.45) is 0 Å². The van der Waals surface area contributed by atoms with Gasteiger partial charge in [-0.25, -0.2) is 13.1 Å². The number of halogens is 1. The minimum Gasteiger partial charge on any atom is -0.336 e. The van der Waals surface area contributed by atoms with E-state index in [0.717, 1.165) is 53.0 Å². The standard InChI is InChI=1S/C21H24ClN3O4S2/c1-5-6-7-15-11-12(2)10-13(3)18(15)23-20(26)19-16(8-9-30-19)31(27,28)25-21-17(22)14(4)24-29-21/h8-11,25H,5-7H2,1-4H3,(H,23,26). The highest BCUT2D eigenvalue weighted by molar-refractivity contribution is 7.93. The van der Waals surface area contributed by atoms with Crippen molar-refractivity contribution < 1.29 is 17.7 Å². The minimum absolute atomic E-state index is 0.0700. The molecule has 0 atom stereocenters. The van der Waals surface area contributed by atoms with Crippen molar-refractivity contribution in [3.8, 4) is 0 Å². The van der Waals surface area contributed by atoms with Crippen LogP contribution in [-0.2, 0) is 16.4 Å². The summed E-state index contributed by atoms with van der Waals surface area (Å²) < 4.78 is 33.0. The molecule has 3 aromatic rings. The molecule has 2 aromatic heterocycles. The number of amides is 1. The van der Waals surface area contributed by atoms with Gasteiger partial charge in [-0.1, -0.05) is 47.8 Å². The maximum atomic E-state index is 13.1. The number of anilines is 2. The molecule has 2 N–H and O–H groups in total. The number of sulfonamides is 1. The van der Waals surface area contributed by atoms with E-state index in [-0.39, 0.29) is 20.7 Å². The highest BCUT2D eigenvalue weighted by Crippen LogP contribution is 2.31. The Morgan fingerprint density at radius 3 is 2.65 bits per heavy atom. The summed E-state index contributed by atoms with van der Waals surface area (Å²) >= 11 is 7.06. The molecule has 1 amide bonds. The van der Waals surface area contributed by atoms with Crippen molar-refractivity contribution in [3.05, 3.63) is 55.9 Å². The number of aromatic nitrogens is 1. The molecular weight excluding hydrogens is 458 g/mol. The van der Waals surface area contributed by atoms with Crippen LogP contribution in [0.4, 0.5) is 11.6 Å². The number of nitrogens with zero attached hydrogens (tertiary/aromatic N) is 1. The largest absolute Gasteiger partial charge is 0.336 e. The molecule has 166 valence electrons. The molecule has 0 saturated carbocycles. The number of rotatable bonds is 8. The van der Waals surface area contributed by atoms with Crippen molar-refractivity contribution in [1.29, 1.82) is 0 Å². The van der Waals surface area contributed by atoms with Gasteiger partial charge in [0.1, 0.15) is 20.5 Å². The van der Waals surface area contributed by atoms with E-state index in [1.54, 1.807) is 12.3 Å². The number of aryl methyl sites for hydroxylation is 4. The minimum atomic E-state index is -4.11. The summed E-state index contributed by atoms with van der Waals surface area (Å²) in [6.45, 7) is 7.64. The van der Waals surface area contributed by atoms with Crippen molar-refractivity contribution in [2.75, 3.05) is 10.0 Å². The number of carbonyl (C=O) groups is 1. The summed E-state index contributed by atoms with van der Waals surface area (Å²) in [6, 6.07) is 5.42. The average Bonchev–Trinajstić information content (AvgIpc) is 3.32. The van der Waals surface area contributed by atoms with Crippen LogP contribution in [0.1, 0.15) is 51.8 Å². The predicted octanol–water partition coefficient (Wildman–Crippen LogP) is 5.71. The lowest BCUT2D eigenvalue weighted by Crippen LogP contribution is -2.19. The molecule has 7 nitrogen and oxygen atoms in total. The Labute approximate surface area is 190 Å². The highest BCUT2D eigenvalue weighted by atomic mass is 35.5. The Morgan fingerprint density at radius 2 is 2.00 bits per heavy atom. The van der Waals surface area contributed by atoms with Gasteiger partial charge in [0.25, 0.3) is 21.8 Å². The van der Waals surface area contributed by atoms with Crippen LogP contribution in [0.25, 0.3) is 0 Å². The molecule has 3 rings (SSSR count). The first kappa shape index (κ1) is 23.3. The Kier molecular flexibility index (Phi) is 7.08. The lowest BCUT2D eigenvalue weighted by Gasteiger charge is -2.15. The van der Waals surface area contributed by atoms with Gasteiger partial charge in [-0.3, -0.25) is 4.79 Å². The molecule has 0 radical (unpaired) electrons. The Morgan fingerprint density at radius 1 is 1.26 bits per heavy atom. The maximum Gasteiger partial charge on any atom is 0.267 e. The van der Waals surface area contributed by atoms with Crippen LogP contribution >= 0.6 is 22.9 Å². The van der Waals surface area contributed by atoms with Gasteiger partial charge < -0.3 is 9.84 Å². The summed E-state index contributed by atoms with van der Waals surface area (Å²) in [4.78, 5) is 13.0. The molecule has 0 spiro atoms. The first-order valence-electron chi connectivity index (χ1n) is 9.77. The molecule has 0 aliphatic heterocycles. The Balaban J connectivity index is 1.90. The van der Waals surface area contributed by atoms with Crippen LogP contribution in [-0.4, -0.2) is 19.5 Å². The third-order valence-electron chi connectivity index (χ3n) is 4.74. The predicted molar refractivity (Wildman–Crippen MR) is 124 cm³/mol. The van der Waals surface area contributed by atoms with Crippen LogP contribution in [0.3, 0.4) is 0 Å². The van der Waals surface area contributed by atoms with Crippen LogP contribution in [0, 0.1) is 20.8 Å². The number of nitrogens with one attached hydrogen (secondary N) is 2. The van der Waals surface area contributed by atoms with Gasteiger partial charge in [0.2, 0.25) is 0 Å². The van der Waals surface area contributed by atoms with E-state index in [9.17, 15) is 13.2 Å². The lowest BCUT2D eigenvalue weighted by atomic mass is 9.99. The summed E-state index contributed by atoms with van der Waals surface area (Å²) in [5.41, 5.74) is 4.17. The summed E-state index contributed by atoms with van der Waals surface area (Å²) in [5, 5.41) is 8.18. The lowest BCUT2D eigenvalue weighted by molar-refractivity contribution is 0.102. The normalized spacial score (nSPS) is 11.5. The molecule has 1 aromatic carbocycles. The molecule has 0 fully saturated rings. The number of carbonyl (C=O) groups excluding carboxylic acids is 1. The molecule has 0 unspecified atom stereocenters. The molecular formula is C21H24ClN3O4S2. The van der Waals surface area contributed by atoms with Crippen molar-refractivity contribution in [2.45, 2.75) is 51.9 Å². The number of benzene rings is 1. The molecule has 0 aliphatic carbocycles. The van der Waals surface area contributed by atoms with Gasteiger partial charge in [0, 0.05) is 5.69 Å². The first-order valence-corrected chi connectivity index (χ1v) is 12.5. The zero-order valence-corrected chi connectivity index (χ0v) is 20.1. The van der Waals surface area contributed by atoms with Crippen LogP contribution in [0.15, 0.2) is 33.0 Å². The van der Waals surface area contributed by atoms with Gasteiger partial charge in [0.15, 0.2) is 0 Å². The molecule has 0 bridgehead atoms. The Hall–Kier alpha value is -2.36. The van der Waals surface area contributed by atoms with E-state index in [1.165, 1.54) is 6.07 Å². The third-order valence-corrected chi connectivity index (χ3v) is 7.60. The first-order chi connectivity index (χ1) is 14.6. The molecule has 2 heterocycles. The Bertz CT molecular complexity index is 1220. The fourth-order valence-electron chi connectivity index (χ4n) is 3.24. The van der Waals surface area contributed by atoms with Gasteiger partial charge in [-0.2, -0.15) is 0 Å². The van der Waals surface area contributed by atoms with Crippen LogP contribution in [0.5, 0.6) is 0 Å². The van der Waals surface area contributed by atoms with E-state index >= 15 is 0 Å². The molecule has 10 heteroatoms. The quantitative estimate of drug-likeness (QED) is 0.429. The number of thiophene rings is 1. The van der Waals surface area contributed by atoms with Gasteiger partial charge >= 0.3 is 0 Å². The number of hydrogen-bond donors (Lipinski definition) is 2. The van der Waals surface area contributed by atoms with Gasteiger partial charge in [-0.15, -0.1) is 11.3 Å². The highest BCUT2D eigenvalue weighted by Gasteiger charge is 2.27. The SMILES string of the molecule is CCCCc1cc(C)cc(C)c1NC(=O)c1sccc1S(=O)(=O)Nc1onc(C)c1Cl. The van der Waals surface area contributed by atoms with E-state index in [2.05, 4.69) is 28.2 Å². The van der Waals surface area contributed by atoms with E-state index < -0.39 is 15.9 Å². The van der Waals surface area contributed by atoms with Gasteiger partial charge in [-0.05, 0) is 56.2 Å². The second kappa shape index (κ2) is 9.42. The topological polar surface area (TPSA) is 101 Å².